The molecule has 0 saturated heterocycles. The van der Waals surface area contributed by atoms with Crippen LogP contribution < -0.4 is 5.32 Å². The Morgan fingerprint density at radius 1 is 1.26 bits per heavy atom. The van der Waals surface area contributed by atoms with Crippen molar-refractivity contribution in [3.63, 3.8) is 0 Å². The van der Waals surface area contributed by atoms with E-state index in [0.29, 0.717) is 12.2 Å². The summed E-state index contributed by atoms with van der Waals surface area (Å²) in [5.74, 6) is -0.209. The second-order valence-electron chi connectivity index (χ2n) is 6.76. The Morgan fingerprint density at radius 2 is 2.11 bits per heavy atom. The van der Waals surface area contributed by atoms with Crippen molar-refractivity contribution in [2.45, 2.75) is 38.8 Å². The predicted molar refractivity (Wildman–Crippen MR) is 103 cm³/mol. The third-order valence-electron chi connectivity index (χ3n) is 4.86. The molecular weight excluding hydrogens is 362 g/mol. The molecule has 3 aromatic rings. The van der Waals surface area contributed by atoms with Crippen LogP contribution in [0.4, 0.5) is 0 Å². The maximum atomic E-state index is 12.5. The molecule has 1 atom stereocenters. The van der Waals surface area contributed by atoms with Gasteiger partial charge in [0.05, 0.1) is 30.7 Å². The van der Waals surface area contributed by atoms with Gasteiger partial charge in [0, 0.05) is 22.5 Å². The Hall–Kier alpha value is -2.73. The summed E-state index contributed by atoms with van der Waals surface area (Å²) < 4.78 is 1.99. The molecule has 0 spiro atoms. The zero-order valence-electron chi connectivity index (χ0n) is 15.0. The van der Waals surface area contributed by atoms with Gasteiger partial charge in [0.25, 0.3) is 5.91 Å². The number of carbonyl (C=O) groups excluding carboxylic acids is 1. The molecule has 1 amide bonds. The van der Waals surface area contributed by atoms with Crippen LogP contribution in [0.15, 0.2) is 42.9 Å². The fourth-order valence-electron chi connectivity index (χ4n) is 3.43. The normalized spacial score (nSPS) is 16.0. The summed E-state index contributed by atoms with van der Waals surface area (Å²) in [6.45, 7) is 2.47. The third-order valence-corrected chi connectivity index (χ3v) is 5.23. The zero-order valence-corrected chi connectivity index (χ0v) is 15.8. The van der Waals surface area contributed by atoms with Gasteiger partial charge in [0.2, 0.25) is 0 Å². The maximum Gasteiger partial charge on any atom is 0.271 e. The summed E-state index contributed by atoms with van der Waals surface area (Å²) >= 11 is 6.29. The molecule has 1 aliphatic rings. The number of hydrogen-bond donors (Lipinski definition) is 1. The van der Waals surface area contributed by atoms with Crippen molar-refractivity contribution in [3.8, 4) is 0 Å². The fourth-order valence-corrected chi connectivity index (χ4v) is 3.63. The molecule has 1 aliphatic carbocycles. The number of rotatable bonds is 4. The molecule has 6 nitrogen and oxygen atoms in total. The highest BCUT2D eigenvalue weighted by molar-refractivity contribution is 6.31. The minimum absolute atomic E-state index is 0.0654. The number of nitrogens with one attached hydrogen (secondary N) is 1. The molecule has 0 unspecified atom stereocenters. The SMILES string of the molecule is Cc1cnc(C(=O)N[C@@H]2CCCc3c2cnn3Cc2ccccc2Cl)cn1. The number of amides is 1. The second-order valence-corrected chi connectivity index (χ2v) is 7.16. The first-order chi connectivity index (χ1) is 13.1. The first kappa shape index (κ1) is 17.7. The number of carbonyl (C=O) groups is 1. The van der Waals surface area contributed by atoms with Crippen molar-refractivity contribution in [2.24, 2.45) is 0 Å². The number of aromatic nitrogens is 4. The van der Waals surface area contributed by atoms with Gasteiger partial charge in [-0.2, -0.15) is 5.10 Å². The van der Waals surface area contributed by atoms with Gasteiger partial charge in [0.1, 0.15) is 5.69 Å². The van der Waals surface area contributed by atoms with E-state index in [4.69, 9.17) is 11.6 Å². The third kappa shape index (κ3) is 3.71. The minimum Gasteiger partial charge on any atom is -0.344 e. The van der Waals surface area contributed by atoms with Gasteiger partial charge in [-0.05, 0) is 37.8 Å². The van der Waals surface area contributed by atoms with Crippen molar-refractivity contribution in [1.82, 2.24) is 25.1 Å². The summed E-state index contributed by atoms with van der Waals surface area (Å²) in [4.78, 5) is 20.8. The van der Waals surface area contributed by atoms with Gasteiger partial charge in [-0.3, -0.25) is 14.5 Å². The molecule has 27 heavy (non-hydrogen) atoms. The smallest absolute Gasteiger partial charge is 0.271 e. The molecule has 0 saturated carbocycles. The minimum atomic E-state index is -0.209. The van der Waals surface area contributed by atoms with Gasteiger partial charge in [0.15, 0.2) is 0 Å². The van der Waals surface area contributed by atoms with E-state index in [2.05, 4.69) is 20.4 Å². The Balaban J connectivity index is 1.54. The van der Waals surface area contributed by atoms with E-state index in [1.165, 1.54) is 6.20 Å². The van der Waals surface area contributed by atoms with Crippen molar-refractivity contribution in [2.75, 3.05) is 0 Å². The van der Waals surface area contributed by atoms with Gasteiger partial charge in [-0.15, -0.1) is 0 Å². The molecule has 0 bridgehead atoms. The quantitative estimate of drug-likeness (QED) is 0.750. The standard InChI is InChI=1S/C20H20ClN5O/c1-13-9-23-18(11-22-13)20(27)25-17-7-4-8-19-15(17)10-24-26(19)12-14-5-2-3-6-16(14)21/h2-3,5-6,9-11,17H,4,7-8,12H2,1H3,(H,25,27)/t17-/m1/s1. The number of halogens is 1. The zero-order chi connectivity index (χ0) is 18.8. The molecule has 4 rings (SSSR count). The van der Waals surface area contributed by atoms with Gasteiger partial charge in [-0.1, -0.05) is 29.8 Å². The molecule has 138 valence electrons. The molecule has 7 heteroatoms. The average Bonchev–Trinajstić information content (AvgIpc) is 3.08. The summed E-state index contributed by atoms with van der Waals surface area (Å²) in [6, 6.07) is 7.73. The lowest BCUT2D eigenvalue weighted by molar-refractivity contribution is 0.0927. The van der Waals surface area contributed by atoms with Crippen LogP contribution in [-0.2, 0) is 13.0 Å². The summed E-state index contributed by atoms with van der Waals surface area (Å²) in [7, 11) is 0. The topological polar surface area (TPSA) is 72.7 Å². The van der Waals surface area contributed by atoms with Crippen LogP contribution in [0.1, 0.15) is 51.9 Å². The van der Waals surface area contributed by atoms with E-state index in [0.717, 1.165) is 46.8 Å². The van der Waals surface area contributed by atoms with Crippen molar-refractivity contribution in [1.29, 1.82) is 0 Å². The van der Waals surface area contributed by atoms with E-state index in [-0.39, 0.29) is 11.9 Å². The highest BCUT2D eigenvalue weighted by Crippen LogP contribution is 2.30. The largest absolute Gasteiger partial charge is 0.344 e. The molecule has 2 heterocycles. The molecule has 0 radical (unpaired) electrons. The summed E-state index contributed by atoms with van der Waals surface area (Å²) in [6.07, 6.45) is 7.78. The van der Waals surface area contributed by atoms with Crippen LogP contribution >= 0.6 is 11.6 Å². The van der Waals surface area contributed by atoms with E-state index in [1.54, 1.807) is 6.20 Å². The van der Waals surface area contributed by atoms with Gasteiger partial charge in [-0.25, -0.2) is 4.98 Å². The summed E-state index contributed by atoms with van der Waals surface area (Å²) in [5, 5.41) is 8.37. The number of hydrogen-bond acceptors (Lipinski definition) is 4. The average molecular weight is 382 g/mol. The lowest BCUT2D eigenvalue weighted by Crippen LogP contribution is -2.31. The first-order valence-electron chi connectivity index (χ1n) is 8.99. The van der Waals surface area contributed by atoms with Crippen LogP contribution in [-0.4, -0.2) is 25.7 Å². The Labute approximate surface area is 162 Å². The Morgan fingerprint density at radius 3 is 2.89 bits per heavy atom. The molecule has 2 aromatic heterocycles. The number of aryl methyl sites for hydroxylation is 1. The monoisotopic (exact) mass is 381 g/mol. The van der Waals surface area contributed by atoms with E-state index < -0.39 is 0 Å². The van der Waals surface area contributed by atoms with Crippen molar-refractivity contribution in [3.05, 3.63) is 76.1 Å². The highest BCUT2D eigenvalue weighted by Gasteiger charge is 2.26. The number of benzene rings is 1. The first-order valence-corrected chi connectivity index (χ1v) is 9.37. The lowest BCUT2D eigenvalue weighted by Gasteiger charge is -2.24. The highest BCUT2D eigenvalue weighted by atomic mass is 35.5. The molecular formula is C20H20ClN5O. The van der Waals surface area contributed by atoms with E-state index in [1.807, 2.05) is 42.1 Å². The van der Waals surface area contributed by atoms with Crippen LogP contribution in [0.5, 0.6) is 0 Å². The molecule has 1 aromatic carbocycles. The van der Waals surface area contributed by atoms with E-state index in [9.17, 15) is 4.79 Å². The summed E-state index contributed by atoms with van der Waals surface area (Å²) in [5.41, 5.74) is 4.37. The van der Waals surface area contributed by atoms with Crippen LogP contribution in [0.3, 0.4) is 0 Å². The van der Waals surface area contributed by atoms with Gasteiger partial charge >= 0.3 is 0 Å². The van der Waals surface area contributed by atoms with Gasteiger partial charge < -0.3 is 5.32 Å². The van der Waals surface area contributed by atoms with E-state index >= 15 is 0 Å². The second kappa shape index (κ2) is 7.48. The Kier molecular flexibility index (Phi) is 4.90. The molecule has 0 aliphatic heterocycles. The van der Waals surface area contributed by atoms with Crippen molar-refractivity contribution < 1.29 is 4.79 Å². The Bertz CT molecular complexity index is 967. The lowest BCUT2D eigenvalue weighted by atomic mass is 9.92. The van der Waals surface area contributed by atoms with Crippen molar-refractivity contribution >= 4 is 17.5 Å². The van der Waals surface area contributed by atoms with Crippen LogP contribution in [0.25, 0.3) is 0 Å². The maximum absolute atomic E-state index is 12.5. The predicted octanol–water partition coefficient (Wildman–Crippen LogP) is 3.49. The molecule has 0 fully saturated rings. The molecule has 1 N–H and O–H groups in total. The van der Waals surface area contributed by atoms with Crippen LogP contribution in [0.2, 0.25) is 5.02 Å². The number of fused-ring (bicyclic) bond motifs is 1. The number of nitrogens with zero attached hydrogens (tertiary/aromatic N) is 4. The fraction of sp³-hybridized carbons (Fsp3) is 0.300. The van der Waals surface area contributed by atoms with Crippen LogP contribution in [0, 0.1) is 6.92 Å².